The predicted molar refractivity (Wildman–Crippen MR) is 106 cm³/mol. The van der Waals surface area contributed by atoms with Crippen LogP contribution in [0.1, 0.15) is 52.4 Å². The lowest BCUT2D eigenvalue weighted by atomic mass is 10.1. The second-order valence-electron chi connectivity index (χ2n) is 5.88. The lowest BCUT2D eigenvalue weighted by Gasteiger charge is -2.17. The number of allylic oxidation sites excluding steroid dienone is 3. The number of halogens is 2. The molecule has 0 saturated carbocycles. The molecule has 0 fully saturated rings. The Morgan fingerprint density at radius 1 is 0.944 bits per heavy atom. The molecule has 0 atom stereocenters. The Bertz CT molecular complexity index is 298. The quantitative estimate of drug-likeness (QED) is 0.191. The molecule has 0 heterocycles. The second kappa shape index (κ2) is 9.97. The van der Waals surface area contributed by atoms with Crippen LogP contribution in [0.25, 0.3) is 0 Å². The van der Waals surface area contributed by atoms with Gasteiger partial charge in [0.1, 0.15) is 0 Å². The summed E-state index contributed by atoms with van der Waals surface area (Å²) in [5.41, 5.74) is 1.61. The third-order valence-electron chi connectivity index (χ3n) is 2.92. The van der Waals surface area contributed by atoms with Gasteiger partial charge in [-0.05, 0) is 60.6 Å². The molecule has 0 aromatic rings. The van der Waals surface area contributed by atoms with Gasteiger partial charge in [0, 0.05) is 0 Å². The smallest absolute Gasteiger partial charge is 0.0654 e. The highest BCUT2D eigenvalue weighted by Crippen LogP contribution is 2.29. The number of unbranched alkanes of at least 4 members (excludes halogenated alkanes) is 2. The number of hydrogen-bond donors (Lipinski definition) is 0. The van der Waals surface area contributed by atoms with Gasteiger partial charge < -0.3 is 0 Å². The van der Waals surface area contributed by atoms with Crippen molar-refractivity contribution >= 4 is 53.3 Å². The summed E-state index contributed by atoms with van der Waals surface area (Å²) < 4.78 is 3.20. The van der Waals surface area contributed by atoms with Gasteiger partial charge in [0.25, 0.3) is 0 Å². The molecule has 0 aromatic carbocycles. The first-order valence-electron chi connectivity index (χ1n) is 7.08. The molecule has 0 unspecified atom stereocenters. The van der Waals surface area contributed by atoms with Crippen LogP contribution >= 0.6 is 45.2 Å². The van der Waals surface area contributed by atoms with E-state index in [1.165, 1.54) is 38.5 Å². The Balaban J connectivity index is 4.99. The van der Waals surface area contributed by atoms with Crippen LogP contribution in [0, 0.1) is 0 Å². The van der Waals surface area contributed by atoms with Crippen molar-refractivity contribution in [2.24, 2.45) is 0 Å². The predicted octanol–water partition coefficient (Wildman–Crippen LogP) is 7.25. The lowest BCUT2D eigenvalue weighted by Crippen LogP contribution is -2.20. The van der Waals surface area contributed by atoms with Crippen molar-refractivity contribution in [1.29, 1.82) is 0 Å². The largest absolute Gasteiger partial charge is 0.0854 e. The van der Waals surface area contributed by atoms with E-state index >= 15 is 0 Å². The fourth-order valence-electron chi connectivity index (χ4n) is 1.52. The SMILES string of the molecule is CCCC/C(I)=C(/C=C(\I)[Si](C)(C)C)CCCC. The van der Waals surface area contributed by atoms with Crippen molar-refractivity contribution < 1.29 is 0 Å². The summed E-state index contributed by atoms with van der Waals surface area (Å²) in [6.45, 7) is 11.9. The van der Waals surface area contributed by atoms with E-state index < -0.39 is 8.07 Å². The molecule has 3 heteroatoms. The molecule has 0 aromatic heterocycles. The normalized spacial score (nSPS) is 14.7. The summed E-state index contributed by atoms with van der Waals surface area (Å²) in [6, 6.07) is 0. The Labute approximate surface area is 142 Å². The number of hydrogen-bond acceptors (Lipinski definition) is 0. The summed E-state index contributed by atoms with van der Waals surface area (Å²) >= 11 is 5.15. The highest BCUT2D eigenvalue weighted by atomic mass is 127. The number of rotatable bonds is 8. The highest BCUT2D eigenvalue weighted by Gasteiger charge is 2.17. The van der Waals surface area contributed by atoms with Gasteiger partial charge in [-0.25, -0.2) is 0 Å². The molecule has 0 saturated heterocycles. The van der Waals surface area contributed by atoms with Gasteiger partial charge in [-0.3, -0.25) is 0 Å². The minimum Gasteiger partial charge on any atom is -0.0654 e. The Morgan fingerprint density at radius 3 is 1.89 bits per heavy atom. The van der Waals surface area contributed by atoms with E-state index in [9.17, 15) is 0 Å². The van der Waals surface area contributed by atoms with Crippen LogP contribution in [0.2, 0.25) is 19.6 Å². The molecule has 0 radical (unpaired) electrons. The van der Waals surface area contributed by atoms with Crippen LogP contribution in [0.3, 0.4) is 0 Å². The molecule has 18 heavy (non-hydrogen) atoms. The zero-order valence-electron chi connectivity index (χ0n) is 12.6. The van der Waals surface area contributed by atoms with Gasteiger partial charge in [0.15, 0.2) is 0 Å². The maximum Gasteiger partial charge on any atom is 0.0854 e. The van der Waals surface area contributed by atoms with Crippen LogP contribution in [0.4, 0.5) is 0 Å². The second-order valence-corrected chi connectivity index (χ2v) is 14.4. The van der Waals surface area contributed by atoms with Gasteiger partial charge in [-0.2, -0.15) is 0 Å². The molecular weight excluding hydrogens is 462 g/mol. The first-order valence-corrected chi connectivity index (χ1v) is 12.7. The molecule has 0 amide bonds. The maximum atomic E-state index is 2.58. The molecule has 0 nitrogen and oxygen atoms in total. The third kappa shape index (κ3) is 8.35. The lowest BCUT2D eigenvalue weighted by molar-refractivity contribution is 0.776. The average molecular weight is 490 g/mol. The zero-order chi connectivity index (χ0) is 14.2. The van der Waals surface area contributed by atoms with Gasteiger partial charge in [0.05, 0.1) is 8.07 Å². The van der Waals surface area contributed by atoms with Gasteiger partial charge >= 0.3 is 0 Å². The summed E-state index contributed by atoms with van der Waals surface area (Å²) in [4.78, 5) is 0. The molecule has 0 aliphatic heterocycles. The summed E-state index contributed by atoms with van der Waals surface area (Å²) in [5.74, 6) is 0. The highest BCUT2D eigenvalue weighted by molar-refractivity contribution is 14.1. The van der Waals surface area contributed by atoms with E-state index in [0.29, 0.717) is 0 Å². The van der Waals surface area contributed by atoms with Crippen molar-refractivity contribution in [2.45, 2.75) is 72.0 Å². The van der Waals surface area contributed by atoms with E-state index in [-0.39, 0.29) is 0 Å². The van der Waals surface area contributed by atoms with E-state index in [0.717, 1.165) is 0 Å². The van der Waals surface area contributed by atoms with Crippen LogP contribution < -0.4 is 0 Å². The molecule has 106 valence electrons. The first kappa shape index (κ1) is 19.2. The molecule has 0 aliphatic carbocycles. The minimum absolute atomic E-state index is 1.13. The Hall–Kier alpha value is 1.16. The Morgan fingerprint density at radius 2 is 1.44 bits per heavy atom. The summed E-state index contributed by atoms with van der Waals surface area (Å²) in [6.07, 6.45) is 10.3. The van der Waals surface area contributed by atoms with Crippen molar-refractivity contribution in [3.63, 3.8) is 0 Å². The van der Waals surface area contributed by atoms with E-state index in [4.69, 9.17) is 0 Å². The molecular formula is C15H28I2Si. The van der Waals surface area contributed by atoms with E-state index in [1.807, 2.05) is 0 Å². The van der Waals surface area contributed by atoms with Crippen molar-refractivity contribution in [3.8, 4) is 0 Å². The van der Waals surface area contributed by atoms with Crippen LogP contribution in [0.5, 0.6) is 0 Å². The minimum atomic E-state index is -1.13. The molecule has 0 spiro atoms. The van der Waals surface area contributed by atoms with Gasteiger partial charge in [-0.15, -0.1) is 0 Å². The fourth-order valence-corrected chi connectivity index (χ4v) is 3.31. The van der Waals surface area contributed by atoms with Gasteiger partial charge in [-0.1, -0.05) is 75.0 Å². The van der Waals surface area contributed by atoms with Crippen LogP contribution in [-0.4, -0.2) is 8.07 Å². The van der Waals surface area contributed by atoms with Crippen molar-refractivity contribution in [2.75, 3.05) is 0 Å². The average Bonchev–Trinajstić information content (AvgIpc) is 2.29. The topological polar surface area (TPSA) is 0 Å². The summed E-state index contributed by atoms with van der Waals surface area (Å²) in [7, 11) is -1.13. The Kier molecular flexibility index (Phi) is 10.6. The van der Waals surface area contributed by atoms with Crippen molar-refractivity contribution in [3.05, 3.63) is 18.4 Å². The third-order valence-corrected chi connectivity index (χ3v) is 10.9. The van der Waals surface area contributed by atoms with Crippen molar-refractivity contribution in [1.82, 2.24) is 0 Å². The monoisotopic (exact) mass is 490 g/mol. The first-order chi connectivity index (χ1) is 8.32. The maximum absolute atomic E-state index is 2.58. The van der Waals surface area contributed by atoms with E-state index in [2.05, 4.69) is 84.7 Å². The zero-order valence-corrected chi connectivity index (χ0v) is 17.9. The summed E-state index contributed by atoms with van der Waals surface area (Å²) in [5, 5.41) is 0. The molecule has 0 bridgehead atoms. The van der Waals surface area contributed by atoms with Crippen LogP contribution in [-0.2, 0) is 0 Å². The van der Waals surface area contributed by atoms with Crippen LogP contribution in [0.15, 0.2) is 18.4 Å². The van der Waals surface area contributed by atoms with Gasteiger partial charge in [0.2, 0.25) is 0 Å². The fraction of sp³-hybridized carbons (Fsp3) is 0.733. The van der Waals surface area contributed by atoms with E-state index in [1.54, 1.807) is 12.4 Å². The molecule has 0 aliphatic rings. The molecule has 0 N–H and O–H groups in total. The standard InChI is InChI=1S/C15H28I2Si/c1-6-8-10-13(14(16)11-9-7-2)12-15(17)18(3,4)5/h12H,6-11H2,1-5H3/b14-13-,15-12+. The molecule has 0 rings (SSSR count).